The summed E-state index contributed by atoms with van der Waals surface area (Å²) >= 11 is 1.58. The molecule has 3 aliphatic heterocycles. The molecule has 2 N–H and O–H groups in total. The molecule has 1 aromatic rings. The third-order valence-electron chi connectivity index (χ3n) is 5.20. The van der Waals surface area contributed by atoms with Gasteiger partial charge in [-0.3, -0.25) is 9.80 Å². The first-order valence-electron chi connectivity index (χ1n) is 8.59. The predicted octanol–water partition coefficient (Wildman–Crippen LogP) is 2.14. The molecule has 4 unspecified atom stereocenters. The number of nitrogens with zero attached hydrogens (tertiary/aromatic N) is 2. The molecule has 130 valence electrons. The molecule has 3 aliphatic rings. The highest BCUT2D eigenvalue weighted by Crippen LogP contribution is 2.36. The molecule has 24 heavy (non-hydrogen) atoms. The average Bonchev–Trinajstić information content (AvgIpc) is 3.07. The van der Waals surface area contributed by atoms with Crippen molar-refractivity contribution < 1.29 is 4.79 Å². The van der Waals surface area contributed by atoms with Gasteiger partial charge >= 0.3 is 6.03 Å². The van der Waals surface area contributed by atoms with Crippen LogP contribution in [0.2, 0.25) is 0 Å². The normalized spacial score (nSPS) is 28.5. The van der Waals surface area contributed by atoms with E-state index in [0.717, 1.165) is 44.3 Å². The Balaban J connectivity index is 1.44. The van der Waals surface area contributed by atoms with Gasteiger partial charge in [0.2, 0.25) is 0 Å². The van der Waals surface area contributed by atoms with E-state index in [9.17, 15) is 4.79 Å². The summed E-state index contributed by atoms with van der Waals surface area (Å²) in [5, 5.41) is 9.79. The monoisotopic (exact) mass is 346 g/mol. The van der Waals surface area contributed by atoms with Crippen LogP contribution in [-0.4, -0.2) is 61.6 Å². The maximum Gasteiger partial charge on any atom is 0.319 e. The Labute approximate surface area is 148 Å². The number of nitrogens with one attached hydrogen (secondary N) is 2. The lowest BCUT2D eigenvalue weighted by Gasteiger charge is -2.50. The zero-order valence-corrected chi connectivity index (χ0v) is 15.0. The van der Waals surface area contributed by atoms with Gasteiger partial charge in [0, 0.05) is 31.1 Å². The van der Waals surface area contributed by atoms with Crippen LogP contribution in [0.1, 0.15) is 12.8 Å². The fourth-order valence-corrected chi connectivity index (χ4v) is 4.60. The maximum absolute atomic E-state index is 12.0. The molecule has 0 aromatic carbocycles. The van der Waals surface area contributed by atoms with Crippen LogP contribution in [0.5, 0.6) is 0 Å². The second-order valence-electron chi connectivity index (χ2n) is 6.94. The summed E-state index contributed by atoms with van der Waals surface area (Å²) in [6.45, 7) is 4.79. The minimum absolute atomic E-state index is 0.110. The van der Waals surface area contributed by atoms with E-state index in [1.54, 1.807) is 11.3 Å². The van der Waals surface area contributed by atoms with Gasteiger partial charge in [0.25, 0.3) is 0 Å². The van der Waals surface area contributed by atoms with Gasteiger partial charge in [0.05, 0.1) is 12.2 Å². The molecule has 0 radical (unpaired) electrons. The van der Waals surface area contributed by atoms with Crippen molar-refractivity contribution >= 4 is 23.1 Å². The number of amides is 2. The quantitative estimate of drug-likeness (QED) is 0.776. The average molecular weight is 346 g/mol. The number of terminal acetylenes is 1. The van der Waals surface area contributed by atoms with E-state index >= 15 is 0 Å². The molecule has 1 aromatic heterocycles. The van der Waals surface area contributed by atoms with Crippen molar-refractivity contribution in [3.63, 3.8) is 0 Å². The van der Waals surface area contributed by atoms with Gasteiger partial charge in [-0.05, 0) is 49.7 Å². The summed E-state index contributed by atoms with van der Waals surface area (Å²) in [7, 11) is 2.10. The van der Waals surface area contributed by atoms with Gasteiger partial charge in [-0.1, -0.05) is 5.92 Å². The summed E-state index contributed by atoms with van der Waals surface area (Å²) in [5.74, 6) is 4.17. The lowest BCUT2D eigenvalue weighted by atomic mass is 9.75. The molecule has 3 saturated heterocycles. The molecular formula is C18H26N4OS. The number of carbonyl (C=O) groups is 1. The van der Waals surface area contributed by atoms with Crippen molar-refractivity contribution in [1.82, 2.24) is 15.1 Å². The first-order valence-corrected chi connectivity index (χ1v) is 9.53. The highest BCUT2D eigenvalue weighted by Gasteiger charge is 2.40. The van der Waals surface area contributed by atoms with Gasteiger partial charge in [-0.15, -0.1) is 6.42 Å². The Bertz CT molecular complexity index is 582. The molecule has 4 atom stereocenters. The van der Waals surface area contributed by atoms with Crippen molar-refractivity contribution in [1.29, 1.82) is 0 Å². The maximum atomic E-state index is 12.0. The first kappa shape index (κ1) is 17.3. The smallest absolute Gasteiger partial charge is 0.319 e. The molecule has 5 nitrogen and oxygen atoms in total. The third-order valence-corrected chi connectivity index (χ3v) is 5.88. The van der Waals surface area contributed by atoms with E-state index in [2.05, 4.69) is 33.4 Å². The van der Waals surface area contributed by atoms with E-state index in [0.29, 0.717) is 12.0 Å². The Kier molecular flexibility index (Phi) is 5.77. The Morgan fingerprint density at radius 3 is 3.12 bits per heavy atom. The predicted molar refractivity (Wildman–Crippen MR) is 99.2 cm³/mol. The summed E-state index contributed by atoms with van der Waals surface area (Å²) in [4.78, 5) is 16.8. The molecule has 3 fully saturated rings. The number of carbonyl (C=O) groups excluding carboxylic acids is 1. The van der Waals surface area contributed by atoms with Crippen molar-refractivity contribution in [3.05, 3.63) is 16.8 Å². The second-order valence-corrected chi connectivity index (χ2v) is 7.72. The van der Waals surface area contributed by atoms with Gasteiger partial charge in [-0.25, -0.2) is 4.79 Å². The number of rotatable bonds is 6. The zero-order chi connectivity index (χ0) is 16.9. The number of piperidine rings is 3. The van der Waals surface area contributed by atoms with Gasteiger partial charge in [-0.2, -0.15) is 11.3 Å². The molecule has 4 heterocycles. The van der Waals surface area contributed by atoms with Crippen molar-refractivity contribution in [2.75, 3.05) is 45.1 Å². The van der Waals surface area contributed by atoms with Crippen LogP contribution in [0.25, 0.3) is 0 Å². The van der Waals surface area contributed by atoms with Gasteiger partial charge in [0.15, 0.2) is 0 Å². The highest BCUT2D eigenvalue weighted by atomic mass is 32.1. The van der Waals surface area contributed by atoms with Crippen LogP contribution in [0.4, 0.5) is 10.5 Å². The van der Waals surface area contributed by atoms with Crippen LogP contribution in [-0.2, 0) is 0 Å². The van der Waals surface area contributed by atoms with E-state index in [4.69, 9.17) is 6.42 Å². The number of hydrogen-bond donors (Lipinski definition) is 2. The van der Waals surface area contributed by atoms with E-state index in [1.807, 2.05) is 16.8 Å². The first-order chi connectivity index (χ1) is 11.7. The lowest BCUT2D eigenvalue weighted by molar-refractivity contribution is -0.00692. The Morgan fingerprint density at radius 2 is 2.46 bits per heavy atom. The molecule has 4 rings (SSSR count). The molecule has 2 amide bonds. The minimum Gasteiger partial charge on any atom is -0.336 e. The summed E-state index contributed by atoms with van der Waals surface area (Å²) in [6.07, 6.45) is 7.85. The van der Waals surface area contributed by atoms with Gasteiger partial charge in [0.1, 0.15) is 0 Å². The fraction of sp³-hybridized carbons (Fsp3) is 0.611. The standard InChI is InChI=1S/C18H26N4OS/c1-3-6-21(2)11-15-12-22-7-4-14(15)9-17(22)10-19-18(23)20-16-5-8-24-13-16/h1,5,8,13-15,17H,4,6-7,9-12H2,2H3,(H2,19,20,23). The molecule has 6 heteroatoms. The Hall–Kier alpha value is -1.55. The second kappa shape index (κ2) is 8.02. The molecule has 0 aliphatic carbocycles. The van der Waals surface area contributed by atoms with Crippen LogP contribution in [0, 0.1) is 24.2 Å². The summed E-state index contributed by atoms with van der Waals surface area (Å²) in [5.41, 5.74) is 0.861. The van der Waals surface area contributed by atoms with Crippen molar-refractivity contribution in [3.8, 4) is 12.3 Å². The minimum atomic E-state index is -0.110. The summed E-state index contributed by atoms with van der Waals surface area (Å²) < 4.78 is 0. The van der Waals surface area contributed by atoms with Crippen LogP contribution in [0.15, 0.2) is 16.8 Å². The number of hydrogen-bond acceptors (Lipinski definition) is 4. The highest BCUT2D eigenvalue weighted by molar-refractivity contribution is 7.08. The van der Waals surface area contributed by atoms with Crippen LogP contribution >= 0.6 is 11.3 Å². The number of anilines is 1. The zero-order valence-electron chi connectivity index (χ0n) is 14.2. The van der Waals surface area contributed by atoms with Crippen LogP contribution < -0.4 is 10.6 Å². The van der Waals surface area contributed by atoms with Crippen LogP contribution in [0.3, 0.4) is 0 Å². The number of urea groups is 1. The Morgan fingerprint density at radius 1 is 1.58 bits per heavy atom. The van der Waals surface area contributed by atoms with E-state index in [-0.39, 0.29) is 6.03 Å². The van der Waals surface area contributed by atoms with Gasteiger partial charge < -0.3 is 10.6 Å². The summed E-state index contributed by atoms with van der Waals surface area (Å²) in [6, 6.07) is 2.26. The molecular weight excluding hydrogens is 320 g/mol. The number of fused-ring (bicyclic) bond motifs is 3. The van der Waals surface area contributed by atoms with E-state index in [1.165, 1.54) is 12.8 Å². The molecule has 0 saturated carbocycles. The van der Waals surface area contributed by atoms with Crippen molar-refractivity contribution in [2.24, 2.45) is 11.8 Å². The lowest BCUT2D eigenvalue weighted by Crippen LogP contribution is -2.58. The largest absolute Gasteiger partial charge is 0.336 e. The SMILES string of the molecule is C#CCN(C)CC1CN2CCC1CC2CNC(=O)Nc1ccsc1. The molecule has 0 spiro atoms. The number of thiophene rings is 1. The fourth-order valence-electron chi connectivity index (χ4n) is 4.01. The van der Waals surface area contributed by atoms with E-state index < -0.39 is 0 Å². The third kappa shape index (κ3) is 4.29. The van der Waals surface area contributed by atoms with Crippen molar-refractivity contribution in [2.45, 2.75) is 18.9 Å². The topological polar surface area (TPSA) is 47.6 Å². The molecule has 2 bridgehead atoms.